The molecular formula is C12H14FN. The van der Waals surface area contributed by atoms with Crippen LogP contribution in [0.3, 0.4) is 0 Å². The molecule has 2 unspecified atom stereocenters. The van der Waals surface area contributed by atoms with Gasteiger partial charge in [-0.2, -0.15) is 0 Å². The molecule has 1 heterocycles. The molecule has 0 amide bonds. The molecule has 1 aromatic rings. The molecule has 1 N–H and O–H groups in total. The molecule has 1 aromatic carbocycles. The maximum absolute atomic E-state index is 13.7. The highest BCUT2D eigenvalue weighted by Gasteiger charge is 2.46. The molecule has 3 rings (SSSR count). The third kappa shape index (κ3) is 1.04. The zero-order valence-corrected chi connectivity index (χ0v) is 8.09. The molecule has 2 aliphatic rings. The molecule has 0 spiro atoms. The van der Waals surface area contributed by atoms with Crippen molar-refractivity contribution in [1.82, 2.24) is 5.32 Å². The topological polar surface area (TPSA) is 12.0 Å². The lowest BCUT2D eigenvalue weighted by Gasteiger charge is -2.27. The summed E-state index contributed by atoms with van der Waals surface area (Å²) in [5, 5.41) is 3.46. The monoisotopic (exact) mass is 191 g/mol. The second-order valence-corrected chi connectivity index (χ2v) is 4.58. The van der Waals surface area contributed by atoms with Gasteiger partial charge in [0.2, 0.25) is 0 Å². The van der Waals surface area contributed by atoms with E-state index in [1.807, 2.05) is 12.1 Å². The van der Waals surface area contributed by atoms with Crippen LogP contribution in [0.15, 0.2) is 24.3 Å². The van der Waals surface area contributed by atoms with Gasteiger partial charge < -0.3 is 5.32 Å². The molecule has 74 valence electrons. The van der Waals surface area contributed by atoms with Gasteiger partial charge >= 0.3 is 0 Å². The average molecular weight is 191 g/mol. The first kappa shape index (κ1) is 8.42. The minimum absolute atomic E-state index is 0.0307. The fraction of sp³-hybridized carbons (Fsp3) is 0.500. The number of nitrogens with one attached hydrogen (secondary N) is 1. The first-order valence-corrected chi connectivity index (χ1v) is 5.29. The minimum atomic E-state index is -0.0307. The Bertz CT molecular complexity index is 353. The number of piperidine rings is 1. The van der Waals surface area contributed by atoms with E-state index in [0.29, 0.717) is 6.04 Å². The van der Waals surface area contributed by atoms with Crippen molar-refractivity contribution in [1.29, 1.82) is 0 Å². The first-order valence-electron chi connectivity index (χ1n) is 5.29. The van der Waals surface area contributed by atoms with Gasteiger partial charge in [0.05, 0.1) is 0 Å². The van der Waals surface area contributed by atoms with Gasteiger partial charge in [-0.15, -0.1) is 0 Å². The normalized spacial score (nSPS) is 35.1. The number of fused-ring (bicyclic) bond motifs is 2. The molecule has 0 aromatic heterocycles. The van der Waals surface area contributed by atoms with E-state index >= 15 is 0 Å². The van der Waals surface area contributed by atoms with Crippen LogP contribution in [0.5, 0.6) is 0 Å². The molecule has 2 heteroatoms. The molecule has 1 saturated carbocycles. The molecule has 1 aliphatic heterocycles. The van der Waals surface area contributed by atoms with Gasteiger partial charge in [-0.05, 0) is 30.9 Å². The standard InChI is InChI=1S/C12H14FN/c13-11-4-2-1-3-10(11)12-6-5-9(7-12)14-8-12/h1-4,9,14H,5-8H2. The second kappa shape index (κ2) is 2.80. The van der Waals surface area contributed by atoms with E-state index in [-0.39, 0.29) is 11.2 Å². The molecular weight excluding hydrogens is 177 g/mol. The van der Waals surface area contributed by atoms with E-state index in [1.54, 1.807) is 12.1 Å². The van der Waals surface area contributed by atoms with E-state index in [0.717, 1.165) is 24.9 Å². The Labute approximate surface area is 83.3 Å². The Balaban J connectivity index is 2.06. The van der Waals surface area contributed by atoms with E-state index in [2.05, 4.69) is 5.32 Å². The van der Waals surface area contributed by atoms with Crippen molar-refractivity contribution < 1.29 is 4.39 Å². The van der Waals surface area contributed by atoms with E-state index in [1.165, 1.54) is 6.42 Å². The molecule has 14 heavy (non-hydrogen) atoms. The van der Waals surface area contributed by atoms with Gasteiger partial charge in [-0.1, -0.05) is 18.2 Å². The van der Waals surface area contributed by atoms with Gasteiger partial charge in [0.1, 0.15) is 5.82 Å². The summed E-state index contributed by atoms with van der Waals surface area (Å²) in [6.45, 7) is 0.957. The molecule has 1 nitrogen and oxygen atoms in total. The number of hydrogen-bond donors (Lipinski definition) is 1. The van der Waals surface area contributed by atoms with Crippen molar-refractivity contribution in [2.24, 2.45) is 0 Å². The molecule has 0 radical (unpaired) electrons. The third-order valence-electron chi connectivity index (χ3n) is 3.78. The lowest BCUT2D eigenvalue weighted by atomic mass is 9.80. The van der Waals surface area contributed by atoms with Crippen molar-refractivity contribution in [2.75, 3.05) is 6.54 Å². The van der Waals surface area contributed by atoms with Gasteiger partial charge in [0, 0.05) is 18.0 Å². The van der Waals surface area contributed by atoms with E-state index in [9.17, 15) is 4.39 Å². The quantitative estimate of drug-likeness (QED) is 0.717. The lowest BCUT2D eigenvalue weighted by molar-refractivity contribution is 0.419. The van der Waals surface area contributed by atoms with Gasteiger partial charge in [0.15, 0.2) is 0 Å². The minimum Gasteiger partial charge on any atom is -0.313 e. The summed E-state index contributed by atoms with van der Waals surface area (Å²) in [6.07, 6.45) is 3.47. The van der Waals surface area contributed by atoms with Crippen LogP contribution < -0.4 is 5.32 Å². The van der Waals surface area contributed by atoms with Crippen LogP contribution in [-0.2, 0) is 5.41 Å². The number of halogens is 1. The lowest BCUT2D eigenvalue weighted by Crippen LogP contribution is -2.33. The predicted octanol–water partition coefficient (Wildman–Crippen LogP) is 2.22. The Kier molecular flexibility index (Phi) is 1.68. The van der Waals surface area contributed by atoms with Crippen LogP contribution in [-0.4, -0.2) is 12.6 Å². The predicted molar refractivity (Wildman–Crippen MR) is 53.7 cm³/mol. The SMILES string of the molecule is Fc1ccccc1C12CCC(C1)NC2. The number of rotatable bonds is 1. The van der Waals surface area contributed by atoms with Crippen LogP contribution in [0.25, 0.3) is 0 Å². The highest BCUT2D eigenvalue weighted by Crippen LogP contribution is 2.45. The summed E-state index contributed by atoms with van der Waals surface area (Å²) in [5.41, 5.74) is 1.03. The van der Waals surface area contributed by atoms with Crippen LogP contribution >= 0.6 is 0 Å². The summed E-state index contributed by atoms with van der Waals surface area (Å²) in [6, 6.07) is 7.87. The molecule has 2 fully saturated rings. The fourth-order valence-corrected chi connectivity index (χ4v) is 3.03. The molecule has 1 aliphatic carbocycles. The highest BCUT2D eigenvalue weighted by molar-refractivity contribution is 5.31. The summed E-state index contributed by atoms with van der Waals surface area (Å²) in [5.74, 6) is -0.0307. The van der Waals surface area contributed by atoms with Crippen molar-refractivity contribution in [2.45, 2.75) is 30.7 Å². The Morgan fingerprint density at radius 3 is 2.79 bits per heavy atom. The maximum atomic E-state index is 13.7. The molecule has 1 saturated heterocycles. The average Bonchev–Trinajstić information content (AvgIpc) is 2.79. The van der Waals surface area contributed by atoms with Crippen molar-refractivity contribution in [3.05, 3.63) is 35.6 Å². The fourth-order valence-electron chi connectivity index (χ4n) is 3.03. The van der Waals surface area contributed by atoms with Crippen LogP contribution in [0.4, 0.5) is 4.39 Å². The van der Waals surface area contributed by atoms with Gasteiger partial charge in [-0.25, -0.2) is 4.39 Å². The Morgan fingerprint density at radius 1 is 1.36 bits per heavy atom. The van der Waals surface area contributed by atoms with Crippen molar-refractivity contribution in [3.63, 3.8) is 0 Å². The Morgan fingerprint density at radius 2 is 2.21 bits per heavy atom. The second-order valence-electron chi connectivity index (χ2n) is 4.58. The smallest absolute Gasteiger partial charge is 0.127 e. The van der Waals surface area contributed by atoms with Gasteiger partial charge in [0.25, 0.3) is 0 Å². The molecule has 2 bridgehead atoms. The Hall–Kier alpha value is -0.890. The van der Waals surface area contributed by atoms with E-state index in [4.69, 9.17) is 0 Å². The van der Waals surface area contributed by atoms with Crippen molar-refractivity contribution in [3.8, 4) is 0 Å². The van der Waals surface area contributed by atoms with Crippen LogP contribution in [0.2, 0.25) is 0 Å². The summed E-state index contributed by atoms with van der Waals surface area (Å²) in [7, 11) is 0. The zero-order valence-electron chi connectivity index (χ0n) is 8.09. The third-order valence-corrected chi connectivity index (χ3v) is 3.78. The summed E-state index contributed by atoms with van der Waals surface area (Å²) < 4.78 is 13.7. The summed E-state index contributed by atoms with van der Waals surface area (Å²) >= 11 is 0. The van der Waals surface area contributed by atoms with E-state index < -0.39 is 0 Å². The first-order chi connectivity index (χ1) is 6.80. The van der Waals surface area contributed by atoms with Gasteiger partial charge in [-0.3, -0.25) is 0 Å². The van der Waals surface area contributed by atoms with Crippen LogP contribution in [0, 0.1) is 5.82 Å². The van der Waals surface area contributed by atoms with Crippen LogP contribution in [0.1, 0.15) is 24.8 Å². The maximum Gasteiger partial charge on any atom is 0.127 e. The number of hydrogen-bond acceptors (Lipinski definition) is 1. The zero-order chi connectivity index (χ0) is 9.60. The number of benzene rings is 1. The largest absolute Gasteiger partial charge is 0.313 e. The highest BCUT2D eigenvalue weighted by atomic mass is 19.1. The molecule has 2 atom stereocenters. The van der Waals surface area contributed by atoms with Crippen molar-refractivity contribution >= 4 is 0 Å². The summed E-state index contributed by atoms with van der Waals surface area (Å²) in [4.78, 5) is 0.